The number of hydrogen-bond acceptors (Lipinski definition) is 3. The zero-order chi connectivity index (χ0) is 15.0. The van der Waals surface area contributed by atoms with Crippen LogP contribution < -0.4 is 9.64 Å². The molecule has 0 heterocycles. The van der Waals surface area contributed by atoms with E-state index >= 15 is 0 Å². The van der Waals surface area contributed by atoms with Crippen molar-refractivity contribution in [1.82, 2.24) is 0 Å². The maximum Gasteiger partial charge on any atom is 0.243 e. The van der Waals surface area contributed by atoms with Crippen LogP contribution in [0.4, 0.5) is 5.69 Å². The normalized spacial score (nSPS) is 10.8. The largest absolute Gasteiger partial charge is 0.495 e. The molecule has 0 bridgehead atoms. The minimum absolute atomic E-state index is 0.107. The summed E-state index contributed by atoms with van der Waals surface area (Å²) in [7, 11) is 1.57. The number of hydrogen-bond donors (Lipinski definition) is 0. The molecule has 0 atom stereocenters. The van der Waals surface area contributed by atoms with Crippen LogP contribution in [0, 0.1) is 6.92 Å². The highest BCUT2D eigenvalue weighted by atomic mass is 35.5. The van der Waals surface area contributed by atoms with Crippen LogP contribution in [0.25, 0.3) is 0 Å². The molecular weight excluding hydrogens is 278 g/mol. The SMILES string of the molecule is CC=CCOCN(C(=O)CCl)c1c(C)cccc1OC. The number of carbonyl (C=O) groups is 1. The molecule has 20 heavy (non-hydrogen) atoms. The molecule has 0 unspecified atom stereocenters. The van der Waals surface area contributed by atoms with E-state index in [1.54, 1.807) is 7.11 Å². The second-order valence-corrected chi connectivity index (χ2v) is 4.42. The lowest BCUT2D eigenvalue weighted by Crippen LogP contribution is -2.35. The van der Waals surface area contributed by atoms with Gasteiger partial charge in [-0.15, -0.1) is 11.6 Å². The Morgan fingerprint density at radius 3 is 2.80 bits per heavy atom. The Bertz CT molecular complexity index is 474. The first-order valence-electron chi connectivity index (χ1n) is 6.34. The molecular formula is C15H20ClNO3. The fraction of sp³-hybridized carbons (Fsp3) is 0.400. The Hall–Kier alpha value is -1.52. The van der Waals surface area contributed by atoms with Crippen LogP contribution in [-0.4, -0.2) is 32.2 Å². The van der Waals surface area contributed by atoms with Crippen LogP contribution in [0.2, 0.25) is 0 Å². The van der Waals surface area contributed by atoms with Crippen LogP contribution in [0.15, 0.2) is 30.4 Å². The van der Waals surface area contributed by atoms with Crippen molar-refractivity contribution in [1.29, 1.82) is 0 Å². The molecule has 1 aromatic rings. The number of benzene rings is 1. The van der Waals surface area contributed by atoms with Crippen LogP contribution in [0.1, 0.15) is 12.5 Å². The number of amides is 1. The summed E-state index contributed by atoms with van der Waals surface area (Å²) in [4.78, 5) is 13.5. The lowest BCUT2D eigenvalue weighted by atomic mass is 10.1. The average molecular weight is 298 g/mol. The summed E-state index contributed by atoms with van der Waals surface area (Å²) in [6, 6.07) is 5.60. The van der Waals surface area contributed by atoms with E-state index in [1.165, 1.54) is 4.90 Å². The van der Waals surface area contributed by atoms with Gasteiger partial charge in [0.1, 0.15) is 18.4 Å². The van der Waals surface area contributed by atoms with E-state index in [4.69, 9.17) is 21.1 Å². The molecule has 1 amide bonds. The number of alkyl halides is 1. The first-order chi connectivity index (χ1) is 9.65. The highest BCUT2D eigenvalue weighted by Gasteiger charge is 2.20. The topological polar surface area (TPSA) is 38.8 Å². The van der Waals surface area contributed by atoms with Gasteiger partial charge < -0.3 is 9.47 Å². The summed E-state index contributed by atoms with van der Waals surface area (Å²) >= 11 is 5.68. The Kier molecular flexibility index (Phi) is 7.12. The highest BCUT2D eigenvalue weighted by Crippen LogP contribution is 2.31. The molecule has 0 saturated carbocycles. The smallest absolute Gasteiger partial charge is 0.243 e. The number of anilines is 1. The molecule has 5 heteroatoms. The van der Waals surface area contributed by atoms with Gasteiger partial charge in [0.25, 0.3) is 0 Å². The first-order valence-corrected chi connectivity index (χ1v) is 6.88. The van der Waals surface area contributed by atoms with Crippen molar-refractivity contribution in [3.8, 4) is 5.75 Å². The minimum Gasteiger partial charge on any atom is -0.495 e. The Labute approximate surface area is 124 Å². The summed E-state index contributed by atoms with van der Waals surface area (Å²) in [5.41, 5.74) is 1.62. The fourth-order valence-corrected chi connectivity index (χ4v) is 1.93. The van der Waals surface area contributed by atoms with E-state index in [1.807, 2.05) is 44.2 Å². The van der Waals surface area contributed by atoms with Crippen molar-refractivity contribution in [2.75, 3.05) is 31.2 Å². The van der Waals surface area contributed by atoms with Crippen molar-refractivity contribution in [2.45, 2.75) is 13.8 Å². The number of para-hydroxylation sites is 1. The lowest BCUT2D eigenvalue weighted by Gasteiger charge is -2.25. The Morgan fingerprint density at radius 1 is 1.45 bits per heavy atom. The number of nitrogens with zero attached hydrogens (tertiary/aromatic N) is 1. The summed E-state index contributed by atoms with van der Waals surface area (Å²) in [6.45, 7) is 4.40. The lowest BCUT2D eigenvalue weighted by molar-refractivity contribution is -0.117. The zero-order valence-electron chi connectivity index (χ0n) is 12.1. The molecule has 0 spiro atoms. The van der Waals surface area contributed by atoms with Crippen molar-refractivity contribution in [3.05, 3.63) is 35.9 Å². The summed E-state index contributed by atoms with van der Waals surface area (Å²) in [5, 5.41) is 0. The van der Waals surface area contributed by atoms with E-state index in [2.05, 4.69) is 0 Å². The molecule has 1 aromatic carbocycles. The van der Waals surface area contributed by atoms with Crippen molar-refractivity contribution in [2.24, 2.45) is 0 Å². The Balaban J connectivity index is 3.01. The number of allylic oxidation sites excluding steroid dienone is 1. The predicted molar refractivity (Wildman–Crippen MR) is 81.6 cm³/mol. The first kappa shape index (κ1) is 16.5. The molecule has 0 saturated heterocycles. The fourth-order valence-electron chi connectivity index (χ4n) is 1.78. The second-order valence-electron chi connectivity index (χ2n) is 4.15. The number of rotatable bonds is 7. The standard InChI is InChI=1S/C15H20ClNO3/c1-4-5-9-20-11-17(14(18)10-16)15-12(2)7-6-8-13(15)19-3/h4-8H,9-11H2,1-3H3. The number of ether oxygens (including phenoxy) is 2. The van der Waals surface area contributed by atoms with Crippen molar-refractivity contribution >= 4 is 23.2 Å². The van der Waals surface area contributed by atoms with Gasteiger partial charge in [-0.3, -0.25) is 9.69 Å². The number of aryl methyl sites for hydroxylation is 1. The molecule has 4 nitrogen and oxygen atoms in total. The monoisotopic (exact) mass is 297 g/mol. The summed E-state index contributed by atoms with van der Waals surface area (Å²) in [5.74, 6) is 0.294. The van der Waals surface area contributed by atoms with Crippen molar-refractivity contribution < 1.29 is 14.3 Å². The maximum atomic E-state index is 12.0. The number of carbonyl (C=O) groups excluding carboxylic acids is 1. The average Bonchev–Trinajstić information content (AvgIpc) is 2.47. The van der Waals surface area contributed by atoms with E-state index in [-0.39, 0.29) is 18.5 Å². The Morgan fingerprint density at radius 2 is 2.20 bits per heavy atom. The van der Waals surface area contributed by atoms with E-state index < -0.39 is 0 Å². The van der Waals surface area contributed by atoms with Crippen LogP contribution in [0.5, 0.6) is 5.75 Å². The van der Waals surface area contributed by atoms with Gasteiger partial charge in [-0.1, -0.05) is 24.3 Å². The van der Waals surface area contributed by atoms with E-state index in [0.29, 0.717) is 18.0 Å². The molecule has 0 aliphatic carbocycles. The third kappa shape index (κ3) is 4.25. The van der Waals surface area contributed by atoms with Gasteiger partial charge in [-0.25, -0.2) is 0 Å². The van der Waals surface area contributed by atoms with Crippen LogP contribution >= 0.6 is 11.6 Å². The van der Waals surface area contributed by atoms with Crippen LogP contribution in [-0.2, 0) is 9.53 Å². The molecule has 0 N–H and O–H groups in total. The van der Waals surface area contributed by atoms with E-state index in [0.717, 1.165) is 5.56 Å². The predicted octanol–water partition coefficient (Wildman–Crippen LogP) is 3.13. The second kappa shape index (κ2) is 8.61. The van der Waals surface area contributed by atoms with Gasteiger partial charge in [0.05, 0.1) is 19.4 Å². The zero-order valence-corrected chi connectivity index (χ0v) is 12.8. The van der Waals surface area contributed by atoms with Gasteiger partial charge in [-0.2, -0.15) is 0 Å². The molecule has 0 aliphatic rings. The van der Waals surface area contributed by atoms with Gasteiger partial charge in [0.15, 0.2) is 0 Å². The molecule has 0 fully saturated rings. The van der Waals surface area contributed by atoms with Crippen LogP contribution in [0.3, 0.4) is 0 Å². The molecule has 0 radical (unpaired) electrons. The molecule has 0 aromatic heterocycles. The van der Waals surface area contributed by atoms with Gasteiger partial charge in [0.2, 0.25) is 5.91 Å². The van der Waals surface area contributed by atoms with Crippen molar-refractivity contribution in [3.63, 3.8) is 0 Å². The molecule has 0 aliphatic heterocycles. The quantitative estimate of drug-likeness (QED) is 0.336. The highest BCUT2D eigenvalue weighted by molar-refractivity contribution is 6.29. The van der Waals surface area contributed by atoms with E-state index in [9.17, 15) is 4.79 Å². The number of methoxy groups -OCH3 is 1. The molecule has 110 valence electrons. The molecule has 1 rings (SSSR count). The minimum atomic E-state index is -0.222. The summed E-state index contributed by atoms with van der Waals surface area (Å²) < 4.78 is 10.8. The van der Waals surface area contributed by atoms with Gasteiger partial charge >= 0.3 is 0 Å². The summed E-state index contributed by atoms with van der Waals surface area (Å²) in [6.07, 6.45) is 3.76. The maximum absolute atomic E-state index is 12.0. The number of halogens is 1. The van der Waals surface area contributed by atoms with Gasteiger partial charge in [0, 0.05) is 0 Å². The van der Waals surface area contributed by atoms with Gasteiger partial charge in [-0.05, 0) is 25.5 Å². The third-order valence-corrected chi connectivity index (χ3v) is 3.00. The third-order valence-electron chi connectivity index (χ3n) is 2.78.